The average molecular weight is 226 g/mol. The van der Waals surface area contributed by atoms with Crippen LogP contribution in [0.4, 0.5) is 4.39 Å². The van der Waals surface area contributed by atoms with E-state index in [9.17, 15) is 4.39 Å². The van der Waals surface area contributed by atoms with Crippen molar-refractivity contribution in [1.29, 1.82) is 0 Å². The predicted molar refractivity (Wildman–Crippen MR) is 53.1 cm³/mol. The van der Waals surface area contributed by atoms with Crippen LogP contribution in [-0.4, -0.2) is 7.11 Å². The molecule has 0 aromatic heterocycles. The molecule has 74 valence electrons. The molecule has 5 heteroatoms. The molecule has 1 aromatic carbocycles. The maximum absolute atomic E-state index is 12.8. The van der Waals surface area contributed by atoms with Gasteiger partial charge in [-0.1, -0.05) is 11.6 Å². The molecule has 1 rings (SSSR count). The molecule has 0 saturated heterocycles. The number of hydrogen-bond donors (Lipinski definition) is 1. The highest BCUT2D eigenvalue weighted by Crippen LogP contribution is 2.25. The molecular formula is C8H10Cl2FNO. The molecule has 0 atom stereocenters. The molecule has 0 radical (unpaired) electrons. The second-order valence-electron chi connectivity index (χ2n) is 2.28. The molecule has 0 heterocycles. The lowest BCUT2D eigenvalue weighted by Crippen LogP contribution is -2.00. The van der Waals surface area contributed by atoms with Gasteiger partial charge < -0.3 is 10.5 Å². The van der Waals surface area contributed by atoms with Gasteiger partial charge in [0.05, 0.1) is 12.1 Å². The zero-order valence-corrected chi connectivity index (χ0v) is 8.58. The van der Waals surface area contributed by atoms with E-state index in [0.29, 0.717) is 11.3 Å². The fourth-order valence-electron chi connectivity index (χ4n) is 0.919. The highest BCUT2D eigenvalue weighted by Gasteiger charge is 2.06. The van der Waals surface area contributed by atoms with Crippen LogP contribution in [-0.2, 0) is 6.54 Å². The molecule has 0 fully saturated rings. The summed E-state index contributed by atoms with van der Waals surface area (Å²) in [6, 6.07) is 2.69. The minimum Gasteiger partial charge on any atom is -0.496 e. The van der Waals surface area contributed by atoms with Gasteiger partial charge in [0.15, 0.2) is 0 Å². The largest absolute Gasteiger partial charge is 0.496 e. The second-order valence-corrected chi connectivity index (χ2v) is 2.69. The standard InChI is InChI=1S/C8H9ClFNO.ClH/c1-12-8-3-7(10)6(9)2-5(8)4-11;/h2-3H,4,11H2,1H3;1H. The summed E-state index contributed by atoms with van der Waals surface area (Å²) in [6.07, 6.45) is 0. The summed E-state index contributed by atoms with van der Waals surface area (Å²) in [5.41, 5.74) is 6.08. The lowest BCUT2D eigenvalue weighted by molar-refractivity contribution is 0.406. The Morgan fingerprint density at radius 3 is 2.62 bits per heavy atom. The van der Waals surface area contributed by atoms with Gasteiger partial charge in [-0.15, -0.1) is 12.4 Å². The first-order valence-electron chi connectivity index (χ1n) is 3.41. The Hall–Kier alpha value is -0.510. The van der Waals surface area contributed by atoms with Gasteiger partial charge in [0.1, 0.15) is 11.6 Å². The molecular weight excluding hydrogens is 216 g/mol. The monoisotopic (exact) mass is 225 g/mol. The van der Waals surface area contributed by atoms with Crippen molar-refractivity contribution in [1.82, 2.24) is 0 Å². The molecule has 1 aromatic rings. The number of nitrogens with two attached hydrogens (primary N) is 1. The number of benzene rings is 1. The highest BCUT2D eigenvalue weighted by atomic mass is 35.5. The van der Waals surface area contributed by atoms with E-state index in [1.165, 1.54) is 19.2 Å². The molecule has 0 saturated carbocycles. The molecule has 0 amide bonds. The zero-order chi connectivity index (χ0) is 9.14. The maximum atomic E-state index is 12.8. The van der Waals surface area contributed by atoms with E-state index in [4.69, 9.17) is 22.1 Å². The number of halogens is 3. The Morgan fingerprint density at radius 1 is 1.54 bits per heavy atom. The van der Waals surface area contributed by atoms with E-state index < -0.39 is 5.82 Å². The molecule has 2 nitrogen and oxygen atoms in total. The first-order valence-corrected chi connectivity index (χ1v) is 3.78. The van der Waals surface area contributed by atoms with Crippen LogP contribution in [0.2, 0.25) is 5.02 Å². The lowest BCUT2D eigenvalue weighted by Gasteiger charge is -2.06. The molecule has 0 aliphatic rings. The van der Waals surface area contributed by atoms with E-state index in [2.05, 4.69) is 0 Å². The maximum Gasteiger partial charge on any atom is 0.145 e. The van der Waals surface area contributed by atoms with E-state index in [1.807, 2.05) is 0 Å². The fourth-order valence-corrected chi connectivity index (χ4v) is 1.11. The Bertz CT molecular complexity index is 265. The smallest absolute Gasteiger partial charge is 0.145 e. The van der Waals surface area contributed by atoms with Crippen LogP contribution < -0.4 is 10.5 Å². The van der Waals surface area contributed by atoms with Crippen molar-refractivity contribution in [2.24, 2.45) is 5.73 Å². The van der Waals surface area contributed by atoms with Crippen LogP contribution in [0.15, 0.2) is 12.1 Å². The van der Waals surface area contributed by atoms with Crippen molar-refractivity contribution in [3.63, 3.8) is 0 Å². The van der Waals surface area contributed by atoms with E-state index in [1.54, 1.807) is 0 Å². The first-order chi connectivity index (χ1) is 5.69. The van der Waals surface area contributed by atoms with Crippen LogP contribution in [0.3, 0.4) is 0 Å². The van der Waals surface area contributed by atoms with Gasteiger partial charge in [-0.2, -0.15) is 0 Å². The third-order valence-electron chi connectivity index (χ3n) is 1.54. The predicted octanol–water partition coefficient (Wildman–Crippen LogP) is 2.37. The van der Waals surface area contributed by atoms with E-state index in [-0.39, 0.29) is 24.0 Å². The van der Waals surface area contributed by atoms with Gasteiger partial charge in [0, 0.05) is 18.2 Å². The van der Waals surface area contributed by atoms with E-state index in [0.717, 1.165) is 0 Å². The fraction of sp³-hybridized carbons (Fsp3) is 0.250. The van der Waals surface area contributed by atoms with Gasteiger partial charge in [0.2, 0.25) is 0 Å². The summed E-state index contributed by atoms with van der Waals surface area (Å²) >= 11 is 5.54. The minimum atomic E-state index is -0.495. The Kier molecular flexibility index (Phi) is 5.06. The van der Waals surface area contributed by atoms with Crippen LogP contribution in [0.25, 0.3) is 0 Å². The molecule has 13 heavy (non-hydrogen) atoms. The van der Waals surface area contributed by atoms with Gasteiger partial charge in [-0.25, -0.2) is 4.39 Å². The van der Waals surface area contributed by atoms with E-state index >= 15 is 0 Å². The topological polar surface area (TPSA) is 35.2 Å². The van der Waals surface area contributed by atoms with Crippen molar-refractivity contribution < 1.29 is 9.13 Å². The lowest BCUT2D eigenvalue weighted by atomic mass is 10.2. The molecule has 2 N–H and O–H groups in total. The number of rotatable bonds is 2. The van der Waals surface area contributed by atoms with Crippen LogP contribution in [0.1, 0.15) is 5.56 Å². The number of methoxy groups -OCH3 is 1. The average Bonchev–Trinajstić information content (AvgIpc) is 2.09. The van der Waals surface area contributed by atoms with Crippen LogP contribution in [0, 0.1) is 5.82 Å². The van der Waals surface area contributed by atoms with Gasteiger partial charge >= 0.3 is 0 Å². The summed E-state index contributed by atoms with van der Waals surface area (Å²) in [5, 5.41) is 0.0660. The molecule has 0 spiro atoms. The van der Waals surface area contributed by atoms with Crippen molar-refractivity contribution in [3.05, 3.63) is 28.5 Å². The Morgan fingerprint density at radius 2 is 2.15 bits per heavy atom. The number of hydrogen-bond acceptors (Lipinski definition) is 2. The van der Waals surface area contributed by atoms with Crippen molar-refractivity contribution in [2.45, 2.75) is 6.54 Å². The van der Waals surface area contributed by atoms with Crippen molar-refractivity contribution in [2.75, 3.05) is 7.11 Å². The highest BCUT2D eigenvalue weighted by molar-refractivity contribution is 6.30. The Labute approximate surface area is 87.2 Å². The van der Waals surface area contributed by atoms with Gasteiger partial charge in [-0.3, -0.25) is 0 Å². The summed E-state index contributed by atoms with van der Waals surface area (Å²) < 4.78 is 17.7. The normalized spacial score (nSPS) is 9.23. The van der Waals surface area contributed by atoms with Crippen LogP contribution in [0.5, 0.6) is 5.75 Å². The van der Waals surface area contributed by atoms with Crippen molar-refractivity contribution >= 4 is 24.0 Å². The third kappa shape index (κ3) is 2.72. The quantitative estimate of drug-likeness (QED) is 0.840. The zero-order valence-electron chi connectivity index (χ0n) is 7.01. The van der Waals surface area contributed by atoms with Crippen LogP contribution >= 0.6 is 24.0 Å². The second kappa shape index (κ2) is 5.27. The summed E-state index contributed by atoms with van der Waals surface area (Å²) in [4.78, 5) is 0. The molecule has 0 bridgehead atoms. The third-order valence-corrected chi connectivity index (χ3v) is 1.83. The number of ether oxygens (including phenoxy) is 1. The van der Waals surface area contributed by atoms with Gasteiger partial charge in [0.25, 0.3) is 0 Å². The molecule has 0 unspecified atom stereocenters. The summed E-state index contributed by atoms with van der Waals surface area (Å²) in [5.74, 6) is -0.0647. The minimum absolute atomic E-state index is 0. The molecule has 0 aliphatic heterocycles. The van der Waals surface area contributed by atoms with Gasteiger partial charge in [-0.05, 0) is 6.07 Å². The summed E-state index contributed by atoms with van der Waals surface area (Å²) in [7, 11) is 1.46. The SMILES string of the molecule is COc1cc(F)c(Cl)cc1CN.Cl. The first kappa shape index (κ1) is 12.5. The molecule has 0 aliphatic carbocycles. The van der Waals surface area contributed by atoms with Crippen molar-refractivity contribution in [3.8, 4) is 5.75 Å². The summed E-state index contributed by atoms with van der Waals surface area (Å²) in [6.45, 7) is 0.281. The Balaban J connectivity index is 0.00000144.